The van der Waals surface area contributed by atoms with Crippen molar-refractivity contribution in [3.05, 3.63) is 29.8 Å². The lowest BCUT2D eigenvalue weighted by atomic mass is 10.1. The molecular formula is C20H28N2O5S. The van der Waals surface area contributed by atoms with Crippen LogP contribution in [0.5, 0.6) is 0 Å². The predicted octanol–water partition coefficient (Wildman–Crippen LogP) is 2.61. The summed E-state index contributed by atoms with van der Waals surface area (Å²) >= 11 is 0. The van der Waals surface area contributed by atoms with Crippen LogP contribution in [-0.4, -0.2) is 44.7 Å². The molecule has 0 radical (unpaired) electrons. The molecule has 1 aliphatic carbocycles. The van der Waals surface area contributed by atoms with Gasteiger partial charge in [-0.05, 0) is 50.5 Å². The molecule has 1 aliphatic heterocycles. The molecule has 154 valence electrons. The molecule has 2 fully saturated rings. The fourth-order valence-corrected chi connectivity index (χ4v) is 5.28. The molecule has 28 heavy (non-hydrogen) atoms. The van der Waals surface area contributed by atoms with Crippen molar-refractivity contribution in [2.24, 2.45) is 0 Å². The topological polar surface area (TPSA) is 92.8 Å². The zero-order chi connectivity index (χ0) is 20.1. The van der Waals surface area contributed by atoms with E-state index in [2.05, 4.69) is 5.32 Å². The van der Waals surface area contributed by atoms with Gasteiger partial charge in [-0.2, -0.15) is 0 Å². The van der Waals surface area contributed by atoms with Gasteiger partial charge in [-0.15, -0.1) is 0 Å². The summed E-state index contributed by atoms with van der Waals surface area (Å²) in [5.74, 6) is -0.732. The lowest BCUT2D eigenvalue weighted by Gasteiger charge is -2.20. The molecule has 0 bridgehead atoms. The van der Waals surface area contributed by atoms with Gasteiger partial charge in [-0.3, -0.25) is 9.10 Å². The smallest absolute Gasteiger partial charge is 0.338 e. The average molecular weight is 409 g/mol. The fraction of sp³-hybridized carbons (Fsp3) is 0.600. The van der Waals surface area contributed by atoms with Crippen molar-refractivity contribution < 1.29 is 22.7 Å². The molecule has 1 amide bonds. The Labute approximate surface area is 166 Å². The van der Waals surface area contributed by atoms with E-state index in [1.165, 1.54) is 29.3 Å². The summed E-state index contributed by atoms with van der Waals surface area (Å²) in [5, 5.41) is 2.98. The Morgan fingerprint density at radius 2 is 1.71 bits per heavy atom. The number of nitrogens with zero attached hydrogens (tertiary/aromatic N) is 1. The number of ether oxygens (including phenoxy) is 1. The molecule has 0 spiro atoms. The van der Waals surface area contributed by atoms with Crippen molar-refractivity contribution in [3.63, 3.8) is 0 Å². The largest absolute Gasteiger partial charge is 0.449 e. The van der Waals surface area contributed by atoms with E-state index in [0.29, 0.717) is 18.7 Å². The second kappa shape index (κ2) is 8.94. The summed E-state index contributed by atoms with van der Waals surface area (Å²) in [6.45, 7) is 2.01. The number of carbonyl (C=O) groups excluding carboxylic acids is 2. The molecule has 8 heteroatoms. The van der Waals surface area contributed by atoms with Gasteiger partial charge in [0.05, 0.1) is 17.0 Å². The number of rotatable bonds is 5. The first kappa shape index (κ1) is 20.6. The predicted molar refractivity (Wildman–Crippen MR) is 107 cm³/mol. The Bertz CT molecular complexity index is 798. The number of anilines is 1. The van der Waals surface area contributed by atoms with Crippen LogP contribution in [0.4, 0.5) is 5.69 Å². The number of carbonyl (C=O) groups is 2. The third kappa shape index (κ3) is 5.04. The fourth-order valence-electron chi connectivity index (χ4n) is 3.72. The Hall–Kier alpha value is -2.09. The van der Waals surface area contributed by atoms with Crippen molar-refractivity contribution in [3.8, 4) is 0 Å². The van der Waals surface area contributed by atoms with Crippen LogP contribution in [-0.2, 0) is 19.6 Å². The van der Waals surface area contributed by atoms with Crippen LogP contribution >= 0.6 is 0 Å². The Balaban J connectivity index is 1.55. The Kier molecular flexibility index (Phi) is 6.59. The van der Waals surface area contributed by atoms with Crippen molar-refractivity contribution >= 4 is 27.6 Å². The zero-order valence-corrected chi connectivity index (χ0v) is 17.0. The molecule has 0 aromatic heterocycles. The minimum atomic E-state index is -3.26. The standard InChI is InChI=1S/C20H28N2O5S/c1-15(19(23)21-17-7-4-2-3-5-8-17)27-20(24)16-9-11-18(12-10-16)22-13-6-14-28(22,25)26/h9-12,15,17H,2-8,13-14H2,1H3,(H,21,23)/t15-/m1/s1. The van der Waals surface area contributed by atoms with E-state index in [0.717, 1.165) is 25.7 Å². The summed E-state index contributed by atoms with van der Waals surface area (Å²) in [7, 11) is -3.26. The van der Waals surface area contributed by atoms with E-state index in [9.17, 15) is 18.0 Å². The number of nitrogens with one attached hydrogen (secondary N) is 1. The van der Waals surface area contributed by atoms with Crippen LogP contribution in [0.2, 0.25) is 0 Å². The van der Waals surface area contributed by atoms with Gasteiger partial charge in [0.1, 0.15) is 0 Å². The van der Waals surface area contributed by atoms with Crippen LogP contribution in [0.25, 0.3) is 0 Å². The highest BCUT2D eigenvalue weighted by molar-refractivity contribution is 7.93. The van der Waals surface area contributed by atoms with E-state index in [4.69, 9.17) is 4.74 Å². The number of amides is 1. The second-order valence-electron chi connectivity index (χ2n) is 7.53. The molecule has 1 heterocycles. The molecule has 3 rings (SSSR count). The molecule has 1 aromatic carbocycles. The lowest BCUT2D eigenvalue weighted by molar-refractivity contribution is -0.129. The summed E-state index contributed by atoms with van der Waals surface area (Å²) in [6.07, 6.45) is 6.27. The first-order valence-electron chi connectivity index (χ1n) is 9.99. The van der Waals surface area contributed by atoms with Gasteiger partial charge in [0.25, 0.3) is 5.91 Å². The first-order valence-corrected chi connectivity index (χ1v) is 11.6. The maximum absolute atomic E-state index is 12.3. The highest BCUT2D eigenvalue weighted by Gasteiger charge is 2.28. The van der Waals surface area contributed by atoms with E-state index in [1.54, 1.807) is 19.1 Å². The monoisotopic (exact) mass is 408 g/mol. The van der Waals surface area contributed by atoms with E-state index < -0.39 is 22.1 Å². The maximum atomic E-state index is 12.3. The number of hydrogen-bond acceptors (Lipinski definition) is 5. The first-order chi connectivity index (χ1) is 13.4. The third-order valence-electron chi connectivity index (χ3n) is 5.34. The molecule has 7 nitrogen and oxygen atoms in total. The van der Waals surface area contributed by atoms with Gasteiger partial charge in [-0.1, -0.05) is 25.7 Å². The molecule has 0 unspecified atom stereocenters. The van der Waals surface area contributed by atoms with Crippen LogP contribution in [0, 0.1) is 0 Å². The van der Waals surface area contributed by atoms with Gasteiger partial charge in [-0.25, -0.2) is 13.2 Å². The quantitative estimate of drug-likeness (QED) is 0.597. The summed E-state index contributed by atoms with van der Waals surface area (Å²) < 4.78 is 30.6. The van der Waals surface area contributed by atoms with Crippen LogP contribution in [0.3, 0.4) is 0 Å². The molecule has 1 aromatic rings. The minimum absolute atomic E-state index is 0.143. The van der Waals surface area contributed by atoms with Gasteiger partial charge in [0.2, 0.25) is 10.0 Å². The summed E-state index contributed by atoms with van der Waals surface area (Å²) in [6, 6.07) is 6.40. The van der Waals surface area contributed by atoms with Crippen LogP contribution in [0.15, 0.2) is 24.3 Å². The maximum Gasteiger partial charge on any atom is 0.338 e. The molecular weight excluding hydrogens is 380 g/mol. The molecule has 1 saturated carbocycles. The number of hydrogen-bond donors (Lipinski definition) is 1. The lowest BCUT2D eigenvalue weighted by Crippen LogP contribution is -2.41. The van der Waals surface area contributed by atoms with Gasteiger partial charge in [0, 0.05) is 12.6 Å². The van der Waals surface area contributed by atoms with Crippen molar-refractivity contribution in [1.29, 1.82) is 0 Å². The molecule has 1 atom stereocenters. The normalized spacial score (nSPS) is 21.0. The van der Waals surface area contributed by atoms with E-state index in [-0.39, 0.29) is 23.3 Å². The second-order valence-corrected chi connectivity index (χ2v) is 9.55. The van der Waals surface area contributed by atoms with Crippen LogP contribution in [0.1, 0.15) is 62.2 Å². The van der Waals surface area contributed by atoms with Gasteiger partial charge < -0.3 is 10.1 Å². The average Bonchev–Trinajstić information content (AvgIpc) is 2.85. The molecule has 2 aliphatic rings. The van der Waals surface area contributed by atoms with Crippen LogP contribution < -0.4 is 9.62 Å². The van der Waals surface area contributed by atoms with Gasteiger partial charge >= 0.3 is 5.97 Å². The Morgan fingerprint density at radius 3 is 2.29 bits per heavy atom. The highest BCUT2D eigenvalue weighted by Crippen LogP contribution is 2.24. The van der Waals surface area contributed by atoms with Crippen molar-refractivity contribution in [2.45, 2.75) is 64.0 Å². The Morgan fingerprint density at radius 1 is 1.07 bits per heavy atom. The van der Waals surface area contributed by atoms with E-state index in [1.807, 2.05) is 0 Å². The summed E-state index contributed by atoms with van der Waals surface area (Å²) in [4.78, 5) is 24.7. The van der Waals surface area contributed by atoms with Gasteiger partial charge in [0.15, 0.2) is 6.10 Å². The number of benzene rings is 1. The summed E-state index contributed by atoms with van der Waals surface area (Å²) in [5.41, 5.74) is 0.822. The third-order valence-corrected chi connectivity index (χ3v) is 7.21. The van der Waals surface area contributed by atoms with E-state index >= 15 is 0 Å². The van der Waals surface area contributed by atoms with Crippen molar-refractivity contribution in [2.75, 3.05) is 16.6 Å². The molecule has 1 N–H and O–H groups in total. The molecule has 1 saturated heterocycles. The number of sulfonamides is 1. The number of esters is 1. The zero-order valence-electron chi connectivity index (χ0n) is 16.2. The highest BCUT2D eigenvalue weighted by atomic mass is 32.2. The SMILES string of the molecule is C[C@@H](OC(=O)c1ccc(N2CCCS2(=O)=O)cc1)C(=O)NC1CCCCCC1. The van der Waals surface area contributed by atoms with Crippen molar-refractivity contribution in [1.82, 2.24) is 5.32 Å². The minimum Gasteiger partial charge on any atom is -0.449 e.